The van der Waals surface area contributed by atoms with E-state index in [1.807, 2.05) is 0 Å². The monoisotopic (exact) mass is 297 g/mol. The minimum atomic E-state index is -3.53. The molecular weight excluding hydrogens is 282 g/mol. The van der Waals surface area contributed by atoms with Crippen LogP contribution in [0.3, 0.4) is 0 Å². The number of carbonyl (C=O) groups is 1. The highest BCUT2D eigenvalue weighted by molar-refractivity contribution is 7.89. The van der Waals surface area contributed by atoms with Gasteiger partial charge >= 0.3 is 5.97 Å². The largest absolute Gasteiger partial charge is 0.462 e. The molecule has 2 aromatic heterocycles. The summed E-state index contributed by atoms with van der Waals surface area (Å²) in [6, 6.07) is 2.98. The maximum atomic E-state index is 12.0. The predicted octanol–water partition coefficient (Wildman–Crippen LogP) is 0.761. The molecular formula is C12H15N3O4S. The molecule has 0 aromatic carbocycles. The van der Waals surface area contributed by atoms with Crippen molar-refractivity contribution in [3.63, 3.8) is 0 Å². The summed E-state index contributed by atoms with van der Waals surface area (Å²) in [5.41, 5.74) is 0.807. The van der Waals surface area contributed by atoms with Crippen molar-refractivity contribution < 1.29 is 17.9 Å². The summed E-state index contributed by atoms with van der Waals surface area (Å²) in [5.74, 6) is -0.481. The van der Waals surface area contributed by atoms with Gasteiger partial charge in [-0.25, -0.2) is 22.0 Å². The lowest BCUT2D eigenvalue weighted by Crippen LogP contribution is -2.22. The Morgan fingerprint density at radius 2 is 2.10 bits per heavy atom. The third-order valence-corrected chi connectivity index (χ3v) is 4.56. The second-order valence-electron chi connectivity index (χ2n) is 4.26. The number of rotatable bonds is 4. The van der Waals surface area contributed by atoms with Crippen LogP contribution >= 0.6 is 0 Å². The molecule has 0 aliphatic carbocycles. The fraction of sp³-hybridized carbons (Fsp3) is 0.333. The van der Waals surface area contributed by atoms with Crippen molar-refractivity contribution >= 4 is 21.5 Å². The maximum absolute atomic E-state index is 12.0. The van der Waals surface area contributed by atoms with Crippen LogP contribution in [0.1, 0.15) is 17.3 Å². The third-order valence-electron chi connectivity index (χ3n) is 2.76. The zero-order valence-electron chi connectivity index (χ0n) is 11.4. The molecule has 7 nitrogen and oxygen atoms in total. The Hall–Kier alpha value is -1.93. The first kappa shape index (κ1) is 14.5. The molecule has 108 valence electrons. The molecule has 0 fully saturated rings. The molecule has 0 spiro atoms. The molecule has 0 N–H and O–H groups in total. The Balaban J connectivity index is 2.51. The van der Waals surface area contributed by atoms with Crippen molar-refractivity contribution in [1.82, 2.24) is 13.9 Å². The van der Waals surface area contributed by atoms with Gasteiger partial charge in [0.05, 0.1) is 18.3 Å². The van der Waals surface area contributed by atoms with Gasteiger partial charge in [-0.3, -0.25) is 0 Å². The van der Waals surface area contributed by atoms with E-state index in [1.165, 1.54) is 43.1 Å². The Morgan fingerprint density at radius 3 is 2.70 bits per heavy atom. The molecule has 20 heavy (non-hydrogen) atoms. The van der Waals surface area contributed by atoms with E-state index < -0.39 is 16.0 Å². The van der Waals surface area contributed by atoms with Crippen molar-refractivity contribution in [3.8, 4) is 0 Å². The highest BCUT2D eigenvalue weighted by Gasteiger charge is 2.20. The number of fused-ring (bicyclic) bond motifs is 1. The highest BCUT2D eigenvalue weighted by atomic mass is 32.2. The van der Waals surface area contributed by atoms with Crippen molar-refractivity contribution in [2.75, 3.05) is 20.7 Å². The first-order valence-corrected chi connectivity index (χ1v) is 7.39. The fourth-order valence-corrected chi connectivity index (χ4v) is 2.59. The standard InChI is InChI=1S/C12H15N3O4S/c1-4-19-12(16)10-7-13-15-8-9(5-6-11(10)15)20(17,18)14(2)3/h5-8H,4H2,1-3H3. The predicted molar refractivity (Wildman–Crippen MR) is 72.0 cm³/mol. The van der Waals surface area contributed by atoms with Gasteiger partial charge in [0.15, 0.2) is 0 Å². The van der Waals surface area contributed by atoms with Gasteiger partial charge in [0.25, 0.3) is 0 Å². The van der Waals surface area contributed by atoms with Crippen LogP contribution in [0.4, 0.5) is 0 Å². The van der Waals surface area contributed by atoms with Crippen molar-refractivity contribution in [3.05, 3.63) is 30.1 Å². The van der Waals surface area contributed by atoms with E-state index in [1.54, 1.807) is 6.92 Å². The number of ether oxygens (including phenoxy) is 1. The van der Waals surface area contributed by atoms with Crippen LogP contribution < -0.4 is 0 Å². The summed E-state index contributed by atoms with van der Waals surface area (Å²) in [7, 11) is -0.631. The molecule has 2 rings (SSSR count). The lowest BCUT2D eigenvalue weighted by Gasteiger charge is -2.11. The molecule has 0 bridgehead atoms. The Kier molecular flexibility index (Phi) is 3.78. The van der Waals surface area contributed by atoms with Gasteiger partial charge in [-0.05, 0) is 19.1 Å². The van der Waals surface area contributed by atoms with E-state index in [-0.39, 0.29) is 11.5 Å². The SMILES string of the molecule is CCOC(=O)c1cnn2cc(S(=O)(=O)N(C)C)ccc12. The van der Waals surface area contributed by atoms with Crippen molar-refractivity contribution in [1.29, 1.82) is 0 Å². The first-order chi connectivity index (χ1) is 9.37. The van der Waals surface area contributed by atoms with Crippen LogP contribution in [0.25, 0.3) is 5.52 Å². The molecule has 2 aromatic rings. The smallest absolute Gasteiger partial charge is 0.341 e. The van der Waals surface area contributed by atoms with Crippen LogP contribution in [0.15, 0.2) is 29.4 Å². The fourth-order valence-electron chi connectivity index (χ4n) is 1.69. The van der Waals surface area contributed by atoms with Gasteiger partial charge < -0.3 is 4.74 Å². The van der Waals surface area contributed by atoms with E-state index in [2.05, 4.69) is 5.10 Å². The summed E-state index contributed by atoms with van der Waals surface area (Å²) >= 11 is 0. The first-order valence-electron chi connectivity index (χ1n) is 5.95. The lowest BCUT2D eigenvalue weighted by molar-refractivity contribution is 0.0528. The Labute approximate surface area is 116 Å². The second-order valence-corrected chi connectivity index (χ2v) is 6.41. The number of esters is 1. The minimum absolute atomic E-state index is 0.105. The number of sulfonamides is 1. The summed E-state index contributed by atoms with van der Waals surface area (Å²) in [5, 5.41) is 3.99. The number of nitrogens with zero attached hydrogens (tertiary/aromatic N) is 3. The molecule has 0 radical (unpaired) electrons. The van der Waals surface area contributed by atoms with E-state index >= 15 is 0 Å². The molecule has 8 heteroatoms. The van der Waals surface area contributed by atoms with E-state index in [0.29, 0.717) is 11.1 Å². The van der Waals surface area contributed by atoms with Gasteiger partial charge in [-0.1, -0.05) is 0 Å². The molecule has 0 unspecified atom stereocenters. The second kappa shape index (κ2) is 5.22. The zero-order valence-corrected chi connectivity index (χ0v) is 12.2. The summed E-state index contributed by atoms with van der Waals surface area (Å²) < 4.78 is 31.4. The number of aromatic nitrogens is 2. The molecule has 0 atom stereocenters. The highest BCUT2D eigenvalue weighted by Crippen LogP contribution is 2.17. The minimum Gasteiger partial charge on any atom is -0.462 e. The Morgan fingerprint density at radius 1 is 1.40 bits per heavy atom. The van der Waals surface area contributed by atoms with E-state index in [0.717, 1.165) is 4.31 Å². The van der Waals surface area contributed by atoms with E-state index in [4.69, 9.17) is 4.74 Å². The van der Waals surface area contributed by atoms with Gasteiger partial charge in [-0.15, -0.1) is 0 Å². The molecule has 0 aliphatic rings. The topological polar surface area (TPSA) is 81.0 Å². The van der Waals surface area contributed by atoms with Gasteiger partial charge in [0, 0.05) is 20.3 Å². The van der Waals surface area contributed by atoms with E-state index in [9.17, 15) is 13.2 Å². The molecule has 0 saturated carbocycles. The average molecular weight is 297 g/mol. The number of carbonyl (C=O) groups excluding carboxylic acids is 1. The quantitative estimate of drug-likeness (QED) is 0.778. The lowest BCUT2D eigenvalue weighted by atomic mass is 10.3. The zero-order chi connectivity index (χ0) is 14.9. The maximum Gasteiger partial charge on any atom is 0.341 e. The normalized spacial score (nSPS) is 12.0. The van der Waals surface area contributed by atoms with Crippen LogP contribution in [-0.2, 0) is 14.8 Å². The summed E-state index contributed by atoms with van der Waals surface area (Å²) in [6.07, 6.45) is 2.73. The summed E-state index contributed by atoms with van der Waals surface area (Å²) in [6.45, 7) is 1.98. The molecule has 0 amide bonds. The van der Waals surface area contributed by atoms with Gasteiger partial charge in [0.2, 0.25) is 10.0 Å². The summed E-state index contributed by atoms with van der Waals surface area (Å²) in [4.78, 5) is 11.8. The molecule has 2 heterocycles. The molecule has 0 saturated heterocycles. The van der Waals surface area contributed by atoms with Crippen molar-refractivity contribution in [2.45, 2.75) is 11.8 Å². The number of hydrogen-bond donors (Lipinski definition) is 0. The van der Waals surface area contributed by atoms with Gasteiger partial charge in [0.1, 0.15) is 10.5 Å². The average Bonchev–Trinajstić information content (AvgIpc) is 2.81. The van der Waals surface area contributed by atoms with Crippen LogP contribution in [0.2, 0.25) is 0 Å². The third kappa shape index (κ3) is 2.39. The van der Waals surface area contributed by atoms with Crippen LogP contribution in [0, 0.1) is 0 Å². The molecule has 0 aliphatic heterocycles. The number of pyridine rings is 1. The van der Waals surface area contributed by atoms with Crippen molar-refractivity contribution in [2.24, 2.45) is 0 Å². The van der Waals surface area contributed by atoms with Gasteiger partial charge in [-0.2, -0.15) is 5.10 Å². The van der Waals surface area contributed by atoms with Crippen LogP contribution in [-0.4, -0.2) is 49.0 Å². The van der Waals surface area contributed by atoms with Crippen LogP contribution in [0.5, 0.6) is 0 Å². The number of hydrogen-bond acceptors (Lipinski definition) is 5. The Bertz CT molecular complexity index is 749.